The summed E-state index contributed by atoms with van der Waals surface area (Å²) >= 11 is 6.16. The molecule has 0 saturated carbocycles. The number of carbonyl (C=O) groups is 1. The molecule has 0 bridgehead atoms. The molecule has 26 heavy (non-hydrogen) atoms. The van der Waals surface area contributed by atoms with Gasteiger partial charge in [0.05, 0.1) is 15.5 Å². The van der Waals surface area contributed by atoms with Crippen LogP contribution in [0.5, 0.6) is 0 Å². The van der Waals surface area contributed by atoms with Crippen LogP contribution in [0.3, 0.4) is 0 Å². The summed E-state index contributed by atoms with van der Waals surface area (Å²) in [5.41, 5.74) is 2.05. The number of hydrogen-bond donors (Lipinski definition) is 1. The van der Waals surface area contributed by atoms with Gasteiger partial charge in [0.25, 0.3) is 0 Å². The number of nitrogens with one attached hydrogen (secondary N) is 1. The maximum absolute atomic E-state index is 12.2. The van der Waals surface area contributed by atoms with Crippen molar-refractivity contribution in [1.29, 1.82) is 5.26 Å². The second-order valence-corrected chi connectivity index (χ2v) is 6.82. The molecular formula is C19H15N2NaO2S2. The fourth-order valence-electron chi connectivity index (χ4n) is 1.93. The number of thiocarbonyl (C=S) groups is 1. The van der Waals surface area contributed by atoms with Crippen molar-refractivity contribution in [2.45, 2.75) is 6.92 Å². The molecule has 0 aliphatic heterocycles. The number of carbonyl (C=O) groups excluding carboxylic acids is 1. The first-order valence-electron chi connectivity index (χ1n) is 7.41. The molecule has 2 rings (SSSR count). The van der Waals surface area contributed by atoms with Gasteiger partial charge in [0.1, 0.15) is 6.07 Å². The summed E-state index contributed by atoms with van der Waals surface area (Å²) in [5.74, 6) is -0.605. The van der Waals surface area contributed by atoms with E-state index in [0.717, 1.165) is 17.3 Å². The van der Waals surface area contributed by atoms with Crippen molar-refractivity contribution < 1.29 is 39.5 Å². The Morgan fingerprint density at radius 1 is 1.19 bits per heavy atom. The molecule has 0 atom stereocenters. The number of hydrogen-bond acceptors (Lipinski definition) is 6. The second-order valence-electron chi connectivity index (χ2n) is 5.17. The minimum atomic E-state index is -0.573. The van der Waals surface area contributed by atoms with Crippen molar-refractivity contribution in [3.8, 4) is 6.07 Å². The first kappa shape index (κ1) is 22.4. The molecule has 0 saturated heterocycles. The van der Waals surface area contributed by atoms with E-state index in [4.69, 9.17) is 12.2 Å². The topological polar surface area (TPSA) is 75.9 Å². The number of ketones is 1. The van der Waals surface area contributed by atoms with Gasteiger partial charge in [0.15, 0.2) is 5.78 Å². The molecule has 0 amide bonds. The number of nitriles is 1. The summed E-state index contributed by atoms with van der Waals surface area (Å²) in [7, 11) is 0. The molecule has 0 unspecified atom stereocenters. The van der Waals surface area contributed by atoms with Gasteiger partial charge < -0.3 is 10.4 Å². The van der Waals surface area contributed by atoms with Gasteiger partial charge in [-0.3, -0.25) is 4.79 Å². The number of nitrogens with zero attached hydrogens (tertiary/aromatic N) is 1. The molecule has 0 radical (unpaired) electrons. The third kappa shape index (κ3) is 6.60. The number of thioether (sulfide) groups is 1. The van der Waals surface area contributed by atoms with E-state index in [1.165, 1.54) is 0 Å². The van der Waals surface area contributed by atoms with Crippen LogP contribution in [-0.2, 0) is 0 Å². The smallest absolute Gasteiger partial charge is 0.859 e. The molecule has 0 aliphatic carbocycles. The minimum Gasteiger partial charge on any atom is -0.859 e. The van der Waals surface area contributed by atoms with Crippen LogP contribution in [0.25, 0.3) is 0 Å². The Balaban J connectivity index is 0.00000338. The maximum Gasteiger partial charge on any atom is 1.00 e. The Morgan fingerprint density at radius 3 is 2.38 bits per heavy atom. The molecule has 4 nitrogen and oxygen atoms in total. The van der Waals surface area contributed by atoms with Gasteiger partial charge in [-0.15, -0.1) is 11.8 Å². The van der Waals surface area contributed by atoms with E-state index in [9.17, 15) is 15.2 Å². The molecule has 126 valence electrons. The van der Waals surface area contributed by atoms with Crippen LogP contribution in [0.1, 0.15) is 15.9 Å². The van der Waals surface area contributed by atoms with Gasteiger partial charge in [-0.1, -0.05) is 60.2 Å². The molecule has 7 heteroatoms. The number of anilines is 1. The van der Waals surface area contributed by atoms with Gasteiger partial charge in [-0.05, 0) is 24.9 Å². The maximum atomic E-state index is 12.2. The van der Waals surface area contributed by atoms with Gasteiger partial charge in [-0.2, -0.15) is 5.26 Å². The molecule has 0 spiro atoms. The van der Waals surface area contributed by atoms with Crippen molar-refractivity contribution in [1.82, 2.24) is 0 Å². The second kappa shape index (κ2) is 11.2. The largest absolute Gasteiger partial charge is 1.00 e. The van der Waals surface area contributed by atoms with E-state index >= 15 is 0 Å². The average Bonchev–Trinajstić information content (AvgIpc) is 2.63. The van der Waals surface area contributed by atoms with Crippen LogP contribution >= 0.6 is 24.0 Å². The molecule has 0 aliphatic rings. The first-order valence-corrected chi connectivity index (χ1v) is 8.81. The van der Waals surface area contributed by atoms with E-state index in [-0.39, 0.29) is 50.9 Å². The van der Waals surface area contributed by atoms with Crippen LogP contribution in [0.2, 0.25) is 0 Å². The van der Waals surface area contributed by atoms with Gasteiger partial charge in [0.2, 0.25) is 0 Å². The summed E-state index contributed by atoms with van der Waals surface area (Å²) in [6.07, 6.45) is 0. The van der Waals surface area contributed by atoms with Crippen LogP contribution in [-0.4, -0.2) is 15.7 Å². The standard InChI is InChI=1S/C19H16N2O2S2.Na/c1-13-7-9-15(10-8-13)21-18(23)16(11-20)19(24)25-12-17(22)14-5-3-2-4-6-14;/h2-10,21,23H,12H2,1H3;/q;+1/p-1/b18-16-;. The van der Waals surface area contributed by atoms with E-state index in [1.54, 1.807) is 36.4 Å². The average molecular weight is 390 g/mol. The van der Waals surface area contributed by atoms with Crippen molar-refractivity contribution in [3.63, 3.8) is 0 Å². The predicted octanol–water partition coefficient (Wildman–Crippen LogP) is 0.450. The zero-order valence-corrected chi connectivity index (χ0v) is 18.1. The van der Waals surface area contributed by atoms with E-state index in [0.29, 0.717) is 11.3 Å². The van der Waals surface area contributed by atoms with E-state index in [2.05, 4.69) is 5.32 Å². The first-order chi connectivity index (χ1) is 12.0. The summed E-state index contributed by atoms with van der Waals surface area (Å²) in [5, 5.41) is 24.1. The molecule has 1 N–H and O–H groups in total. The Labute approximate surface area is 184 Å². The zero-order valence-electron chi connectivity index (χ0n) is 14.5. The number of aryl methyl sites for hydroxylation is 1. The van der Waals surface area contributed by atoms with E-state index in [1.807, 2.05) is 31.2 Å². The van der Waals surface area contributed by atoms with Crippen molar-refractivity contribution in [2.24, 2.45) is 0 Å². The van der Waals surface area contributed by atoms with Crippen LogP contribution in [0.4, 0.5) is 5.69 Å². The fraction of sp³-hybridized carbons (Fsp3) is 0.105. The van der Waals surface area contributed by atoms with Crippen LogP contribution < -0.4 is 40.0 Å². The Bertz CT molecular complexity index is 844. The Hall–Kier alpha value is -1.62. The summed E-state index contributed by atoms with van der Waals surface area (Å²) in [4.78, 5) is 12.1. The van der Waals surface area contributed by atoms with Crippen molar-refractivity contribution in [3.05, 3.63) is 77.2 Å². The molecule has 0 heterocycles. The molecule has 0 aromatic heterocycles. The van der Waals surface area contributed by atoms with E-state index < -0.39 is 5.88 Å². The Morgan fingerprint density at radius 2 is 1.81 bits per heavy atom. The van der Waals surface area contributed by atoms with Crippen molar-refractivity contribution in [2.75, 3.05) is 11.1 Å². The Kier molecular flexibility index (Phi) is 9.63. The normalized spacial score (nSPS) is 10.8. The fourth-order valence-corrected chi connectivity index (χ4v) is 2.96. The van der Waals surface area contributed by atoms with Gasteiger partial charge in [-0.25, -0.2) is 0 Å². The third-order valence-electron chi connectivity index (χ3n) is 3.28. The SMILES string of the molecule is Cc1ccc(N/C([O-])=C(\C#N)C(=S)SCC(=O)c2ccccc2)cc1.[Na+]. The molecular weight excluding hydrogens is 375 g/mol. The minimum absolute atomic E-state index is 0. The summed E-state index contributed by atoms with van der Waals surface area (Å²) < 4.78 is 0.108. The zero-order chi connectivity index (χ0) is 18.2. The van der Waals surface area contributed by atoms with Crippen LogP contribution in [0.15, 0.2) is 66.1 Å². The molecule has 0 fully saturated rings. The number of Topliss-reactive ketones (excluding diaryl/α,β-unsaturated/α-hetero) is 1. The predicted molar refractivity (Wildman–Crippen MR) is 103 cm³/mol. The van der Waals surface area contributed by atoms with Crippen molar-refractivity contribution >= 4 is 39.6 Å². The number of benzene rings is 2. The van der Waals surface area contributed by atoms with Crippen LogP contribution in [0, 0.1) is 18.3 Å². The number of rotatable bonds is 6. The van der Waals surface area contributed by atoms with Gasteiger partial charge in [0, 0.05) is 11.3 Å². The van der Waals surface area contributed by atoms with Gasteiger partial charge >= 0.3 is 29.6 Å². The summed E-state index contributed by atoms with van der Waals surface area (Å²) in [6.45, 7) is 1.94. The monoisotopic (exact) mass is 390 g/mol. The quantitative estimate of drug-likeness (QED) is 0.193. The molecule has 2 aromatic carbocycles. The molecule has 2 aromatic rings. The summed E-state index contributed by atoms with van der Waals surface area (Å²) in [6, 6.07) is 17.8. The third-order valence-corrected chi connectivity index (χ3v) is 4.71.